The first-order chi connectivity index (χ1) is 13.0. The van der Waals surface area contributed by atoms with Crippen molar-refractivity contribution in [2.45, 2.75) is 29.2 Å². The maximum Gasteiger partial charge on any atom is 0.251 e. The monoisotopic (exact) mass is 407 g/mol. The van der Waals surface area contributed by atoms with Gasteiger partial charge in [-0.05, 0) is 54.9 Å². The van der Waals surface area contributed by atoms with Gasteiger partial charge in [-0.1, -0.05) is 6.42 Å². The Morgan fingerprint density at radius 3 is 2.48 bits per heavy atom. The highest BCUT2D eigenvalue weighted by Gasteiger charge is 2.25. The van der Waals surface area contributed by atoms with Gasteiger partial charge in [-0.15, -0.1) is 0 Å². The van der Waals surface area contributed by atoms with Crippen LogP contribution in [0.15, 0.2) is 58.6 Å². The summed E-state index contributed by atoms with van der Waals surface area (Å²) in [6, 6.07) is 11.2. The van der Waals surface area contributed by atoms with Crippen molar-refractivity contribution >= 4 is 33.4 Å². The summed E-state index contributed by atoms with van der Waals surface area (Å²) in [6.07, 6.45) is 4.21. The molecule has 1 aromatic carbocycles. The molecule has 7 nitrogen and oxygen atoms in total. The predicted molar refractivity (Wildman–Crippen MR) is 104 cm³/mol. The number of hydrogen-bond acceptors (Lipinski definition) is 5. The minimum absolute atomic E-state index is 0.0834. The number of carbonyl (C=O) groups excluding carboxylic acids is 1. The van der Waals surface area contributed by atoms with E-state index in [1.807, 2.05) is 0 Å². The number of benzene rings is 1. The number of nitrogens with one attached hydrogen (secondary N) is 1. The Labute approximate surface area is 163 Å². The van der Waals surface area contributed by atoms with Crippen molar-refractivity contribution in [3.05, 3.63) is 53.9 Å². The number of sulfonamides is 1. The van der Waals surface area contributed by atoms with Gasteiger partial charge in [-0.25, -0.2) is 8.42 Å². The molecule has 0 saturated carbocycles. The number of rotatable bonds is 6. The highest BCUT2D eigenvalue weighted by Crippen LogP contribution is 2.22. The lowest BCUT2D eigenvalue weighted by atomic mass is 10.2. The van der Waals surface area contributed by atoms with Crippen molar-refractivity contribution in [2.75, 3.05) is 24.2 Å². The van der Waals surface area contributed by atoms with Gasteiger partial charge in [0.1, 0.15) is 0 Å². The molecule has 1 aromatic heterocycles. The van der Waals surface area contributed by atoms with Crippen LogP contribution in [-0.2, 0) is 14.8 Å². The van der Waals surface area contributed by atoms with Gasteiger partial charge >= 0.3 is 0 Å². The van der Waals surface area contributed by atoms with Crippen LogP contribution in [0.1, 0.15) is 19.3 Å². The molecule has 1 amide bonds. The Hall–Kier alpha value is -2.10. The van der Waals surface area contributed by atoms with E-state index in [9.17, 15) is 18.4 Å². The second kappa shape index (κ2) is 8.73. The highest BCUT2D eigenvalue weighted by atomic mass is 32.2. The Balaban J connectivity index is 1.58. The van der Waals surface area contributed by atoms with E-state index >= 15 is 0 Å². The molecular formula is C18H21N3O4S2. The van der Waals surface area contributed by atoms with E-state index in [-0.39, 0.29) is 16.6 Å². The van der Waals surface area contributed by atoms with E-state index in [0.29, 0.717) is 28.5 Å². The van der Waals surface area contributed by atoms with Crippen molar-refractivity contribution in [3.63, 3.8) is 0 Å². The lowest BCUT2D eigenvalue weighted by Crippen LogP contribution is -2.35. The summed E-state index contributed by atoms with van der Waals surface area (Å²) < 4.78 is 27.4. The highest BCUT2D eigenvalue weighted by molar-refractivity contribution is 7.99. The van der Waals surface area contributed by atoms with Gasteiger partial charge in [0.2, 0.25) is 15.9 Å². The molecule has 27 heavy (non-hydrogen) atoms. The Kier molecular flexibility index (Phi) is 6.35. The molecule has 1 aliphatic heterocycles. The SMILES string of the molecule is O=C(CSc1cccc[n+]1[O-])Nc1ccc(S(=O)(=O)N2CCCCC2)cc1. The first-order valence-corrected chi connectivity index (χ1v) is 11.1. The molecule has 144 valence electrons. The van der Waals surface area contributed by atoms with Gasteiger partial charge in [-0.3, -0.25) is 4.79 Å². The minimum atomic E-state index is -3.48. The van der Waals surface area contributed by atoms with Gasteiger partial charge in [0.25, 0.3) is 5.03 Å². The van der Waals surface area contributed by atoms with Crippen LogP contribution in [0.4, 0.5) is 5.69 Å². The third-order valence-electron chi connectivity index (χ3n) is 4.23. The number of aromatic nitrogens is 1. The van der Waals surface area contributed by atoms with Crippen LogP contribution in [0.2, 0.25) is 0 Å². The lowest BCUT2D eigenvalue weighted by Gasteiger charge is -2.25. The molecule has 0 unspecified atom stereocenters. The van der Waals surface area contributed by atoms with Crippen LogP contribution in [0, 0.1) is 5.21 Å². The number of carbonyl (C=O) groups is 1. The number of anilines is 1. The lowest BCUT2D eigenvalue weighted by molar-refractivity contribution is -0.645. The van der Waals surface area contributed by atoms with Crippen LogP contribution in [0.5, 0.6) is 0 Å². The number of nitrogens with zero attached hydrogens (tertiary/aromatic N) is 2. The fraction of sp³-hybridized carbons (Fsp3) is 0.333. The van der Waals surface area contributed by atoms with E-state index in [1.54, 1.807) is 30.3 Å². The number of pyridine rings is 1. The molecule has 0 aliphatic carbocycles. The van der Waals surface area contributed by atoms with Crippen molar-refractivity contribution in [1.82, 2.24) is 4.31 Å². The molecule has 1 aliphatic rings. The zero-order chi connectivity index (χ0) is 19.3. The second-order valence-electron chi connectivity index (χ2n) is 6.19. The topological polar surface area (TPSA) is 93.4 Å². The largest absolute Gasteiger partial charge is 0.618 e. The molecule has 1 saturated heterocycles. The molecule has 0 radical (unpaired) electrons. The predicted octanol–water partition coefficient (Wildman–Crippen LogP) is 2.23. The Morgan fingerprint density at radius 1 is 1.11 bits per heavy atom. The first kappa shape index (κ1) is 19.7. The number of thioether (sulfide) groups is 1. The summed E-state index contributed by atoms with van der Waals surface area (Å²) in [5, 5.41) is 14.7. The van der Waals surface area contributed by atoms with E-state index in [1.165, 1.54) is 22.6 Å². The van der Waals surface area contributed by atoms with E-state index < -0.39 is 10.0 Å². The maximum atomic E-state index is 12.6. The molecule has 0 bridgehead atoms. The van der Waals surface area contributed by atoms with Crippen molar-refractivity contribution in [2.24, 2.45) is 0 Å². The summed E-state index contributed by atoms with van der Waals surface area (Å²) in [7, 11) is -3.48. The quantitative estimate of drug-likeness (QED) is 0.450. The number of amides is 1. The molecule has 9 heteroatoms. The van der Waals surface area contributed by atoms with Crippen molar-refractivity contribution in [3.8, 4) is 0 Å². The summed E-state index contributed by atoms with van der Waals surface area (Å²) in [5.74, 6) is -0.185. The van der Waals surface area contributed by atoms with Crippen LogP contribution >= 0.6 is 11.8 Å². The molecule has 0 atom stereocenters. The smallest absolute Gasteiger partial charge is 0.251 e. The standard InChI is InChI=1S/C18H21N3O4S2/c22-17(14-26-18-6-2-5-13-21(18)23)19-15-7-9-16(10-8-15)27(24,25)20-11-3-1-4-12-20/h2,5-10,13H,1,3-4,11-12,14H2,(H,19,22). The summed E-state index contributed by atoms with van der Waals surface area (Å²) in [5.41, 5.74) is 0.515. The molecular weight excluding hydrogens is 386 g/mol. The summed E-state index contributed by atoms with van der Waals surface area (Å²) in [4.78, 5) is 12.3. The average molecular weight is 408 g/mol. The molecule has 1 N–H and O–H groups in total. The van der Waals surface area contributed by atoms with Crippen molar-refractivity contribution < 1.29 is 17.9 Å². The Morgan fingerprint density at radius 2 is 1.81 bits per heavy atom. The van der Waals surface area contributed by atoms with Crippen LogP contribution in [0.25, 0.3) is 0 Å². The molecule has 0 spiro atoms. The van der Waals surface area contributed by atoms with E-state index in [4.69, 9.17) is 0 Å². The van der Waals surface area contributed by atoms with E-state index in [2.05, 4.69) is 5.32 Å². The number of piperidine rings is 1. The molecule has 2 aromatic rings. The van der Waals surface area contributed by atoms with Gasteiger partial charge in [0.05, 0.1) is 10.6 Å². The summed E-state index contributed by atoms with van der Waals surface area (Å²) in [6.45, 7) is 1.11. The van der Waals surface area contributed by atoms with Crippen LogP contribution < -0.4 is 10.0 Å². The third kappa shape index (κ3) is 5.00. The van der Waals surface area contributed by atoms with Gasteiger partial charge in [0, 0.05) is 30.9 Å². The van der Waals surface area contributed by atoms with Crippen LogP contribution in [-0.4, -0.2) is 37.5 Å². The molecule has 1 fully saturated rings. The fourth-order valence-corrected chi connectivity index (χ4v) is 5.06. The normalized spacial score (nSPS) is 15.4. The first-order valence-electron chi connectivity index (χ1n) is 8.68. The summed E-state index contributed by atoms with van der Waals surface area (Å²) >= 11 is 1.14. The zero-order valence-corrected chi connectivity index (χ0v) is 16.3. The van der Waals surface area contributed by atoms with E-state index in [0.717, 1.165) is 31.0 Å². The average Bonchev–Trinajstić information content (AvgIpc) is 2.68. The fourth-order valence-electron chi connectivity index (χ4n) is 2.83. The molecule has 3 rings (SSSR count). The Bertz CT molecular complexity index is 895. The maximum absolute atomic E-state index is 12.6. The van der Waals surface area contributed by atoms with Crippen molar-refractivity contribution in [1.29, 1.82) is 0 Å². The zero-order valence-electron chi connectivity index (χ0n) is 14.7. The number of hydrogen-bond donors (Lipinski definition) is 1. The van der Waals surface area contributed by atoms with Gasteiger partial charge in [-0.2, -0.15) is 9.04 Å². The minimum Gasteiger partial charge on any atom is -0.618 e. The molecule has 2 heterocycles. The second-order valence-corrected chi connectivity index (χ2v) is 9.12. The van der Waals surface area contributed by atoms with Crippen LogP contribution in [0.3, 0.4) is 0 Å². The van der Waals surface area contributed by atoms with Gasteiger partial charge < -0.3 is 10.5 Å². The third-order valence-corrected chi connectivity index (χ3v) is 7.16. The van der Waals surface area contributed by atoms with Gasteiger partial charge in [0.15, 0.2) is 6.20 Å².